The summed E-state index contributed by atoms with van der Waals surface area (Å²) in [5.74, 6) is 0.952. The van der Waals surface area contributed by atoms with Gasteiger partial charge in [-0.2, -0.15) is 13.2 Å². The molecule has 136 valence electrons. The second-order valence-electron chi connectivity index (χ2n) is 6.10. The van der Waals surface area contributed by atoms with Crippen molar-refractivity contribution in [3.8, 4) is 23.0 Å². The normalized spacial score (nSPS) is 11.8. The van der Waals surface area contributed by atoms with Crippen LogP contribution < -0.4 is 0 Å². The van der Waals surface area contributed by atoms with Crippen LogP contribution in [0.3, 0.4) is 0 Å². The second kappa shape index (κ2) is 6.86. The van der Waals surface area contributed by atoms with Crippen LogP contribution >= 0.6 is 0 Å². The average molecular weight is 361 g/mol. The van der Waals surface area contributed by atoms with Gasteiger partial charge in [-0.25, -0.2) is 0 Å². The first-order valence-electron chi connectivity index (χ1n) is 8.20. The molecule has 0 amide bonds. The summed E-state index contributed by atoms with van der Waals surface area (Å²) < 4.78 is 40.7. The summed E-state index contributed by atoms with van der Waals surface area (Å²) in [7, 11) is 1.75. The molecule has 3 aromatic heterocycles. The molecule has 0 fully saturated rings. The van der Waals surface area contributed by atoms with Crippen LogP contribution in [0.4, 0.5) is 13.2 Å². The van der Waals surface area contributed by atoms with Crippen molar-refractivity contribution in [2.45, 2.75) is 32.9 Å². The van der Waals surface area contributed by atoms with Gasteiger partial charge in [0.2, 0.25) is 0 Å². The maximum Gasteiger partial charge on any atom is 0.417 e. The predicted octanol–water partition coefficient (Wildman–Crippen LogP) is 4.22. The largest absolute Gasteiger partial charge is 0.417 e. The standard InChI is InChI=1S/C18H18F3N5/c1-4-5-12-9-13(18(19,20)21)10-23-15(12)17-25-24-16(26(17)3)14-8-11(2)6-7-22-14/h6-10H,4-5H2,1-3H3. The van der Waals surface area contributed by atoms with E-state index in [0.717, 1.165) is 17.8 Å². The molecular weight excluding hydrogens is 343 g/mol. The van der Waals surface area contributed by atoms with Gasteiger partial charge in [0, 0.05) is 19.4 Å². The number of alkyl halides is 3. The summed E-state index contributed by atoms with van der Waals surface area (Å²) in [6.45, 7) is 3.85. The van der Waals surface area contributed by atoms with Crippen molar-refractivity contribution in [1.82, 2.24) is 24.7 Å². The molecule has 0 bridgehead atoms. The number of aryl methyl sites for hydroxylation is 2. The molecule has 0 aromatic carbocycles. The minimum Gasteiger partial charge on any atom is -0.308 e. The molecule has 3 rings (SSSR count). The maximum atomic E-state index is 13.0. The monoisotopic (exact) mass is 361 g/mol. The first-order valence-corrected chi connectivity index (χ1v) is 8.20. The zero-order valence-corrected chi connectivity index (χ0v) is 14.7. The van der Waals surface area contributed by atoms with Gasteiger partial charge in [-0.05, 0) is 42.7 Å². The highest BCUT2D eigenvalue weighted by Crippen LogP contribution is 2.32. The van der Waals surface area contributed by atoms with Gasteiger partial charge in [0.15, 0.2) is 11.6 Å². The summed E-state index contributed by atoms with van der Waals surface area (Å²) in [4.78, 5) is 8.35. The van der Waals surface area contributed by atoms with E-state index >= 15 is 0 Å². The predicted molar refractivity (Wildman–Crippen MR) is 91.2 cm³/mol. The first-order chi connectivity index (χ1) is 12.3. The van der Waals surface area contributed by atoms with E-state index in [1.54, 1.807) is 17.8 Å². The molecule has 0 N–H and O–H groups in total. The van der Waals surface area contributed by atoms with Crippen LogP contribution in [0.5, 0.6) is 0 Å². The molecular formula is C18H18F3N5. The molecule has 3 aromatic rings. The van der Waals surface area contributed by atoms with E-state index in [-0.39, 0.29) is 0 Å². The summed E-state index contributed by atoms with van der Waals surface area (Å²) in [6.07, 6.45) is -0.743. The molecule has 8 heteroatoms. The molecule has 0 saturated heterocycles. The number of rotatable bonds is 4. The molecule has 3 heterocycles. The Morgan fingerprint density at radius 2 is 1.81 bits per heavy atom. The lowest BCUT2D eigenvalue weighted by Crippen LogP contribution is -2.09. The van der Waals surface area contributed by atoms with Crippen LogP contribution in [0.15, 0.2) is 30.6 Å². The van der Waals surface area contributed by atoms with Gasteiger partial charge in [0.05, 0.1) is 5.56 Å². The zero-order valence-electron chi connectivity index (χ0n) is 14.7. The van der Waals surface area contributed by atoms with Crippen LogP contribution in [0, 0.1) is 6.92 Å². The van der Waals surface area contributed by atoms with E-state index in [9.17, 15) is 13.2 Å². The number of hydrogen-bond acceptors (Lipinski definition) is 4. The van der Waals surface area contributed by atoms with Crippen molar-refractivity contribution >= 4 is 0 Å². The minimum absolute atomic E-state index is 0.411. The van der Waals surface area contributed by atoms with Crippen LogP contribution in [0.2, 0.25) is 0 Å². The van der Waals surface area contributed by atoms with Crippen molar-refractivity contribution in [2.24, 2.45) is 7.05 Å². The summed E-state index contributed by atoms with van der Waals surface area (Å²) in [6, 6.07) is 4.89. The Bertz CT molecular complexity index is 931. The van der Waals surface area contributed by atoms with Crippen molar-refractivity contribution in [1.29, 1.82) is 0 Å². The third-order valence-electron chi connectivity index (χ3n) is 4.04. The lowest BCUT2D eigenvalue weighted by atomic mass is 10.1. The van der Waals surface area contributed by atoms with E-state index in [4.69, 9.17) is 0 Å². The average Bonchev–Trinajstić information content (AvgIpc) is 2.96. The van der Waals surface area contributed by atoms with Crippen molar-refractivity contribution in [3.05, 3.63) is 47.3 Å². The number of hydrogen-bond donors (Lipinski definition) is 0. The summed E-state index contributed by atoms with van der Waals surface area (Å²) in [5, 5.41) is 8.32. The van der Waals surface area contributed by atoms with Crippen molar-refractivity contribution in [2.75, 3.05) is 0 Å². The molecule has 0 aliphatic rings. The third kappa shape index (κ3) is 3.44. The van der Waals surface area contributed by atoms with Gasteiger partial charge in [-0.15, -0.1) is 10.2 Å². The van der Waals surface area contributed by atoms with Crippen LogP contribution in [0.1, 0.15) is 30.0 Å². The van der Waals surface area contributed by atoms with Gasteiger partial charge in [0.25, 0.3) is 0 Å². The van der Waals surface area contributed by atoms with Crippen molar-refractivity contribution in [3.63, 3.8) is 0 Å². The molecule has 0 atom stereocenters. The Morgan fingerprint density at radius 3 is 2.46 bits per heavy atom. The lowest BCUT2D eigenvalue weighted by molar-refractivity contribution is -0.137. The van der Waals surface area contributed by atoms with Gasteiger partial charge < -0.3 is 4.57 Å². The Morgan fingerprint density at radius 1 is 1.08 bits per heavy atom. The van der Waals surface area contributed by atoms with Gasteiger partial charge in [0.1, 0.15) is 11.4 Å². The van der Waals surface area contributed by atoms with Gasteiger partial charge in [-0.1, -0.05) is 13.3 Å². The third-order valence-corrected chi connectivity index (χ3v) is 4.04. The Balaban J connectivity index is 2.10. The number of aromatic nitrogens is 5. The molecule has 0 aliphatic heterocycles. The topological polar surface area (TPSA) is 56.5 Å². The summed E-state index contributed by atoms with van der Waals surface area (Å²) >= 11 is 0. The quantitative estimate of drug-likeness (QED) is 0.698. The highest BCUT2D eigenvalue weighted by Gasteiger charge is 2.32. The van der Waals surface area contributed by atoms with Crippen molar-refractivity contribution < 1.29 is 13.2 Å². The van der Waals surface area contributed by atoms with E-state index in [0.29, 0.717) is 41.4 Å². The van der Waals surface area contributed by atoms with Crippen LogP contribution in [-0.4, -0.2) is 24.7 Å². The van der Waals surface area contributed by atoms with Gasteiger partial charge in [-0.3, -0.25) is 9.97 Å². The minimum atomic E-state index is -4.43. The smallest absolute Gasteiger partial charge is 0.308 e. The lowest BCUT2D eigenvalue weighted by Gasteiger charge is -2.12. The molecule has 5 nitrogen and oxygen atoms in total. The zero-order chi connectivity index (χ0) is 18.9. The van der Waals surface area contributed by atoms with E-state index in [1.165, 1.54) is 0 Å². The highest BCUT2D eigenvalue weighted by atomic mass is 19.4. The Kier molecular flexibility index (Phi) is 4.76. The molecule has 26 heavy (non-hydrogen) atoms. The number of halogens is 3. The Hall–Kier alpha value is -2.77. The SMILES string of the molecule is CCCc1cc(C(F)(F)F)cnc1-c1nnc(-c2cc(C)ccn2)n1C. The molecule has 0 aliphatic carbocycles. The second-order valence-corrected chi connectivity index (χ2v) is 6.10. The van der Waals surface area contributed by atoms with E-state index < -0.39 is 11.7 Å². The Labute approximate surface area is 148 Å². The first kappa shape index (κ1) is 18.0. The fourth-order valence-corrected chi connectivity index (χ4v) is 2.74. The van der Waals surface area contributed by atoms with E-state index in [1.807, 2.05) is 26.0 Å². The molecule has 0 spiro atoms. The fraction of sp³-hybridized carbons (Fsp3) is 0.333. The van der Waals surface area contributed by atoms with Crippen LogP contribution in [-0.2, 0) is 19.6 Å². The molecule has 0 radical (unpaired) electrons. The van der Waals surface area contributed by atoms with Gasteiger partial charge >= 0.3 is 6.18 Å². The summed E-state index contributed by atoms with van der Waals surface area (Å²) in [5.41, 5.74) is 1.83. The van der Waals surface area contributed by atoms with Crippen LogP contribution in [0.25, 0.3) is 23.0 Å². The number of nitrogens with zero attached hydrogens (tertiary/aromatic N) is 5. The highest BCUT2D eigenvalue weighted by molar-refractivity contribution is 5.61. The van der Waals surface area contributed by atoms with E-state index in [2.05, 4.69) is 20.2 Å². The number of pyridine rings is 2. The molecule has 0 saturated carbocycles. The molecule has 0 unspecified atom stereocenters. The maximum absolute atomic E-state index is 13.0. The fourth-order valence-electron chi connectivity index (χ4n) is 2.74.